The van der Waals surface area contributed by atoms with Crippen LogP contribution in [0, 0.1) is 0 Å². The van der Waals surface area contributed by atoms with Crippen molar-refractivity contribution >= 4 is 52.1 Å². The highest BCUT2D eigenvalue weighted by Crippen LogP contribution is 2.22. The number of hydrogen-bond acceptors (Lipinski definition) is 4. The summed E-state index contributed by atoms with van der Waals surface area (Å²) in [5.74, 6) is -0.903. The molecule has 110 valence electrons. The third-order valence-corrected chi connectivity index (χ3v) is 3.61. The zero-order valence-electron chi connectivity index (χ0n) is 10.8. The van der Waals surface area contributed by atoms with Crippen LogP contribution in [-0.2, 0) is 20.7 Å². The van der Waals surface area contributed by atoms with Gasteiger partial charge in [-0.15, -0.1) is 0 Å². The Kier molecular flexibility index (Phi) is 5.61. The van der Waals surface area contributed by atoms with Crippen molar-refractivity contribution in [3.05, 3.63) is 50.6 Å². The van der Waals surface area contributed by atoms with Crippen molar-refractivity contribution in [3.63, 3.8) is 0 Å². The van der Waals surface area contributed by atoms with Gasteiger partial charge in [-0.3, -0.25) is 9.59 Å². The Hall–Kier alpha value is -1.56. The number of benzene rings is 1. The molecule has 1 amide bonds. The molecule has 0 unspecified atom stereocenters. The number of rotatable bonds is 5. The Bertz CT molecular complexity index is 623. The second kappa shape index (κ2) is 7.45. The Morgan fingerprint density at radius 3 is 2.52 bits per heavy atom. The second-order valence-electron chi connectivity index (χ2n) is 4.18. The van der Waals surface area contributed by atoms with Gasteiger partial charge in [-0.1, -0.05) is 23.2 Å². The van der Waals surface area contributed by atoms with Crippen LogP contribution in [-0.4, -0.2) is 18.5 Å². The fourth-order valence-electron chi connectivity index (χ4n) is 1.58. The van der Waals surface area contributed by atoms with Crippen LogP contribution in [0.2, 0.25) is 10.0 Å². The van der Waals surface area contributed by atoms with Gasteiger partial charge in [0.2, 0.25) is 0 Å². The first-order valence-corrected chi connectivity index (χ1v) is 7.65. The van der Waals surface area contributed by atoms with Crippen molar-refractivity contribution in [2.45, 2.75) is 6.42 Å². The molecule has 2 rings (SSSR count). The first kappa shape index (κ1) is 15.8. The molecule has 0 fully saturated rings. The summed E-state index contributed by atoms with van der Waals surface area (Å²) in [6.45, 7) is -0.354. The molecule has 1 heterocycles. The van der Waals surface area contributed by atoms with Crippen LogP contribution < -0.4 is 5.32 Å². The van der Waals surface area contributed by atoms with Crippen LogP contribution in [0.15, 0.2) is 35.0 Å². The number of esters is 1. The molecular weight excluding hydrogens is 333 g/mol. The van der Waals surface area contributed by atoms with E-state index in [1.54, 1.807) is 18.2 Å². The highest BCUT2D eigenvalue weighted by molar-refractivity contribution is 7.08. The summed E-state index contributed by atoms with van der Waals surface area (Å²) in [5.41, 5.74) is 1.32. The number of carbonyl (C=O) groups is 2. The van der Waals surface area contributed by atoms with Crippen LogP contribution in [0.25, 0.3) is 0 Å². The van der Waals surface area contributed by atoms with E-state index < -0.39 is 11.9 Å². The topological polar surface area (TPSA) is 55.4 Å². The van der Waals surface area contributed by atoms with Gasteiger partial charge in [0, 0.05) is 15.7 Å². The summed E-state index contributed by atoms with van der Waals surface area (Å²) >= 11 is 13.1. The number of thiophene rings is 1. The predicted molar refractivity (Wildman–Crippen MR) is 84.1 cm³/mol. The number of amides is 1. The average Bonchev–Trinajstić information content (AvgIpc) is 2.88. The van der Waals surface area contributed by atoms with E-state index >= 15 is 0 Å². The maximum Gasteiger partial charge on any atom is 0.310 e. The Morgan fingerprint density at radius 1 is 1.19 bits per heavy atom. The maximum absolute atomic E-state index is 11.7. The van der Waals surface area contributed by atoms with Gasteiger partial charge in [0.25, 0.3) is 5.91 Å². The molecule has 0 atom stereocenters. The lowest BCUT2D eigenvalue weighted by molar-refractivity contribution is -0.146. The first-order chi connectivity index (χ1) is 10.0. The van der Waals surface area contributed by atoms with E-state index in [4.69, 9.17) is 27.9 Å². The van der Waals surface area contributed by atoms with Crippen LogP contribution in [0.4, 0.5) is 5.69 Å². The third kappa shape index (κ3) is 5.38. The molecule has 1 aromatic carbocycles. The molecule has 1 N–H and O–H groups in total. The molecule has 0 spiro atoms. The van der Waals surface area contributed by atoms with Gasteiger partial charge in [0.05, 0.1) is 6.42 Å². The van der Waals surface area contributed by atoms with Gasteiger partial charge < -0.3 is 10.1 Å². The molecule has 1 aromatic heterocycles. The van der Waals surface area contributed by atoms with Crippen molar-refractivity contribution in [1.82, 2.24) is 0 Å². The SMILES string of the molecule is O=C(COC(=O)Cc1ccsc1)Nc1cc(Cl)cc(Cl)c1. The smallest absolute Gasteiger partial charge is 0.310 e. The van der Waals surface area contributed by atoms with Crippen molar-refractivity contribution in [2.24, 2.45) is 0 Å². The van der Waals surface area contributed by atoms with Gasteiger partial charge in [0.15, 0.2) is 6.61 Å². The summed E-state index contributed by atoms with van der Waals surface area (Å²) in [7, 11) is 0. The standard InChI is InChI=1S/C14H11Cl2NO3S/c15-10-4-11(16)6-12(5-10)17-13(18)7-20-14(19)3-9-1-2-21-8-9/h1-2,4-6,8H,3,7H2,(H,17,18). The minimum atomic E-state index is -0.452. The van der Waals surface area contributed by atoms with Gasteiger partial charge in [-0.2, -0.15) is 11.3 Å². The van der Waals surface area contributed by atoms with Crippen molar-refractivity contribution in [3.8, 4) is 0 Å². The molecule has 0 saturated carbocycles. The fourth-order valence-corrected chi connectivity index (χ4v) is 2.77. The first-order valence-electron chi connectivity index (χ1n) is 5.95. The largest absolute Gasteiger partial charge is 0.455 e. The highest BCUT2D eigenvalue weighted by Gasteiger charge is 2.09. The zero-order valence-corrected chi connectivity index (χ0v) is 13.1. The summed E-state index contributed by atoms with van der Waals surface area (Å²) in [6, 6.07) is 6.50. The van der Waals surface area contributed by atoms with Crippen LogP contribution in [0.3, 0.4) is 0 Å². The van der Waals surface area contributed by atoms with E-state index in [9.17, 15) is 9.59 Å². The molecule has 0 radical (unpaired) electrons. The van der Waals surface area contributed by atoms with Gasteiger partial charge in [0.1, 0.15) is 0 Å². The number of carbonyl (C=O) groups excluding carboxylic acids is 2. The molecule has 21 heavy (non-hydrogen) atoms. The predicted octanol–water partition coefficient (Wildman–Crippen LogP) is 3.78. The highest BCUT2D eigenvalue weighted by atomic mass is 35.5. The minimum absolute atomic E-state index is 0.153. The van der Waals surface area contributed by atoms with Crippen molar-refractivity contribution < 1.29 is 14.3 Å². The molecule has 0 saturated heterocycles. The normalized spacial score (nSPS) is 10.2. The van der Waals surface area contributed by atoms with Crippen LogP contribution in [0.5, 0.6) is 0 Å². The average molecular weight is 344 g/mol. The quantitative estimate of drug-likeness (QED) is 0.840. The fraction of sp³-hybridized carbons (Fsp3) is 0.143. The Labute approximate surface area is 135 Å². The van der Waals surface area contributed by atoms with Crippen molar-refractivity contribution in [2.75, 3.05) is 11.9 Å². The molecule has 7 heteroatoms. The van der Waals surface area contributed by atoms with Gasteiger partial charge >= 0.3 is 5.97 Å². The van der Waals surface area contributed by atoms with E-state index in [1.807, 2.05) is 16.8 Å². The summed E-state index contributed by atoms with van der Waals surface area (Å²) in [5, 5.41) is 7.10. The Morgan fingerprint density at radius 2 is 1.90 bits per heavy atom. The molecule has 0 bridgehead atoms. The lowest BCUT2D eigenvalue weighted by Gasteiger charge is -2.07. The Balaban J connectivity index is 1.80. The molecular formula is C14H11Cl2NO3S. The van der Waals surface area contributed by atoms with Crippen LogP contribution in [0.1, 0.15) is 5.56 Å². The van der Waals surface area contributed by atoms with Crippen molar-refractivity contribution in [1.29, 1.82) is 0 Å². The minimum Gasteiger partial charge on any atom is -0.455 e. The van der Waals surface area contributed by atoms with Gasteiger partial charge in [-0.25, -0.2) is 0 Å². The van der Waals surface area contributed by atoms with E-state index in [1.165, 1.54) is 11.3 Å². The zero-order chi connectivity index (χ0) is 15.2. The summed E-state index contributed by atoms with van der Waals surface area (Å²) in [4.78, 5) is 23.2. The number of hydrogen-bond donors (Lipinski definition) is 1. The van der Waals surface area contributed by atoms with Gasteiger partial charge in [-0.05, 0) is 40.6 Å². The van der Waals surface area contributed by atoms with E-state index in [2.05, 4.69) is 5.32 Å². The lowest BCUT2D eigenvalue weighted by atomic mass is 10.2. The molecule has 0 aliphatic rings. The molecule has 2 aromatic rings. The number of nitrogens with one attached hydrogen (secondary N) is 1. The number of ether oxygens (including phenoxy) is 1. The molecule has 0 aliphatic heterocycles. The lowest BCUT2D eigenvalue weighted by Crippen LogP contribution is -2.21. The molecule has 4 nitrogen and oxygen atoms in total. The number of halogens is 2. The summed E-state index contributed by atoms with van der Waals surface area (Å²) in [6.07, 6.45) is 0.153. The monoisotopic (exact) mass is 343 g/mol. The van der Waals surface area contributed by atoms with E-state index in [-0.39, 0.29) is 13.0 Å². The van der Waals surface area contributed by atoms with E-state index in [0.717, 1.165) is 5.56 Å². The summed E-state index contributed by atoms with van der Waals surface area (Å²) < 4.78 is 4.90. The third-order valence-electron chi connectivity index (χ3n) is 2.44. The number of anilines is 1. The maximum atomic E-state index is 11.7. The van der Waals surface area contributed by atoms with Crippen LogP contribution >= 0.6 is 34.5 Å². The van der Waals surface area contributed by atoms with E-state index in [0.29, 0.717) is 15.7 Å². The molecule has 0 aliphatic carbocycles. The second-order valence-corrected chi connectivity index (χ2v) is 5.83.